The lowest BCUT2D eigenvalue weighted by Crippen LogP contribution is -2.07. The summed E-state index contributed by atoms with van der Waals surface area (Å²) < 4.78 is 41.7. The van der Waals surface area contributed by atoms with Gasteiger partial charge in [-0.1, -0.05) is 0 Å². The molecule has 0 spiro atoms. The van der Waals surface area contributed by atoms with E-state index >= 15 is 0 Å². The molecule has 3 N–H and O–H groups in total. The highest BCUT2D eigenvalue weighted by atomic mass is 19.4. The number of halogens is 3. The number of hydrogen-bond donors (Lipinski definition) is 2. The first-order valence-electron chi connectivity index (χ1n) is 7.78. The molecule has 4 rings (SSSR count). The number of fused-ring (bicyclic) bond motifs is 1. The van der Waals surface area contributed by atoms with Gasteiger partial charge in [-0.25, -0.2) is 9.97 Å². The van der Waals surface area contributed by atoms with E-state index in [1.807, 2.05) is 0 Å². The summed E-state index contributed by atoms with van der Waals surface area (Å²) in [6.45, 7) is 1.77. The summed E-state index contributed by atoms with van der Waals surface area (Å²) >= 11 is 0. The number of rotatable bonds is 2. The molecule has 0 aliphatic heterocycles. The largest absolute Gasteiger partial charge is 0.416 e. The minimum atomic E-state index is -4.48. The van der Waals surface area contributed by atoms with Gasteiger partial charge in [-0.3, -0.25) is 0 Å². The Morgan fingerprint density at radius 3 is 2.62 bits per heavy atom. The fourth-order valence-electron chi connectivity index (χ4n) is 2.78. The number of imidazole rings is 2. The molecule has 2 aromatic carbocycles. The molecule has 26 heavy (non-hydrogen) atoms. The zero-order chi connectivity index (χ0) is 18.5. The molecule has 0 fully saturated rings. The van der Waals surface area contributed by atoms with E-state index in [2.05, 4.69) is 15.0 Å². The Bertz CT molecular complexity index is 1110. The first-order valence-corrected chi connectivity index (χ1v) is 7.78. The smallest absolute Gasteiger partial charge is 0.399 e. The molecule has 0 atom stereocenters. The number of H-pyrrole nitrogens is 1. The van der Waals surface area contributed by atoms with Crippen LogP contribution in [0.3, 0.4) is 0 Å². The summed E-state index contributed by atoms with van der Waals surface area (Å²) in [5, 5.41) is 0. The normalized spacial score (nSPS) is 12.0. The molecule has 2 aromatic heterocycles. The third-order valence-corrected chi connectivity index (χ3v) is 4.04. The van der Waals surface area contributed by atoms with Crippen molar-refractivity contribution in [3.8, 4) is 17.1 Å². The van der Waals surface area contributed by atoms with E-state index in [1.54, 1.807) is 42.0 Å². The van der Waals surface area contributed by atoms with Gasteiger partial charge in [-0.15, -0.1) is 0 Å². The number of hydrogen-bond acceptors (Lipinski definition) is 3. The Hall–Kier alpha value is -3.29. The van der Waals surface area contributed by atoms with Gasteiger partial charge in [0, 0.05) is 23.1 Å². The summed E-state index contributed by atoms with van der Waals surface area (Å²) in [5.41, 5.74) is 8.22. The molecule has 132 valence electrons. The van der Waals surface area contributed by atoms with Crippen molar-refractivity contribution in [2.75, 3.05) is 5.73 Å². The number of aromatic nitrogens is 4. The van der Waals surface area contributed by atoms with Crippen LogP contribution in [0.15, 0.2) is 48.9 Å². The third-order valence-electron chi connectivity index (χ3n) is 4.04. The van der Waals surface area contributed by atoms with Crippen LogP contribution >= 0.6 is 0 Å². The Morgan fingerprint density at radius 1 is 1.12 bits per heavy atom. The molecule has 0 radical (unpaired) electrons. The highest BCUT2D eigenvalue weighted by Gasteiger charge is 2.31. The highest BCUT2D eigenvalue weighted by molar-refractivity contribution is 5.82. The quantitative estimate of drug-likeness (QED) is 0.525. The third kappa shape index (κ3) is 2.90. The lowest BCUT2D eigenvalue weighted by Gasteiger charge is -2.12. The predicted molar refractivity (Wildman–Crippen MR) is 92.8 cm³/mol. The second kappa shape index (κ2) is 5.62. The second-order valence-corrected chi connectivity index (χ2v) is 6.05. The van der Waals surface area contributed by atoms with E-state index in [-0.39, 0.29) is 0 Å². The van der Waals surface area contributed by atoms with Crippen LogP contribution < -0.4 is 5.73 Å². The monoisotopic (exact) mass is 357 g/mol. The fourth-order valence-corrected chi connectivity index (χ4v) is 2.78. The lowest BCUT2D eigenvalue weighted by atomic mass is 10.1. The average molecular weight is 357 g/mol. The van der Waals surface area contributed by atoms with Crippen LogP contribution in [0, 0.1) is 6.92 Å². The molecule has 5 nitrogen and oxygen atoms in total. The van der Waals surface area contributed by atoms with Crippen LogP contribution in [-0.2, 0) is 6.18 Å². The first kappa shape index (κ1) is 16.2. The Morgan fingerprint density at radius 2 is 1.92 bits per heavy atom. The van der Waals surface area contributed by atoms with Crippen LogP contribution in [0.5, 0.6) is 0 Å². The molecule has 0 amide bonds. The molecule has 4 aromatic rings. The van der Waals surface area contributed by atoms with Crippen molar-refractivity contribution >= 4 is 16.7 Å². The van der Waals surface area contributed by atoms with Crippen molar-refractivity contribution in [1.29, 1.82) is 0 Å². The molecule has 0 aliphatic rings. The van der Waals surface area contributed by atoms with E-state index in [0.717, 1.165) is 12.1 Å². The van der Waals surface area contributed by atoms with Crippen LogP contribution in [0.2, 0.25) is 0 Å². The second-order valence-electron chi connectivity index (χ2n) is 6.05. The first-order chi connectivity index (χ1) is 12.3. The van der Waals surface area contributed by atoms with E-state index in [1.165, 1.54) is 6.33 Å². The van der Waals surface area contributed by atoms with E-state index < -0.39 is 11.7 Å². The highest BCUT2D eigenvalue weighted by Crippen LogP contribution is 2.34. The number of aromatic amines is 1. The van der Waals surface area contributed by atoms with Gasteiger partial charge in [0.2, 0.25) is 0 Å². The number of anilines is 1. The predicted octanol–water partition coefficient (Wildman–Crippen LogP) is 4.33. The van der Waals surface area contributed by atoms with Crippen molar-refractivity contribution in [1.82, 2.24) is 19.5 Å². The van der Waals surface area contributed by atoms with Crippen molar-refractivity contribution in [2.45, 2.75) is 13.1 Å². The Kier molecular flexibility index (Phi) is 3.50. The Labute approximate surface area is 146 Å². The number of alkyl halides is 3. The minimum absolute atomic E-state index is 0.330. The van der Waals surface area contributed by atoms with Crippen molar-refractivity contribution < 1.29 is 13.2 Å². The maximum atomic E-state index is 13.4. The molecule has 0 bridgehead atoms. The number of nitrogen functional groups attached to an aromatic ring is 1. The molecule has 2 heterocycles. The molecule has 0 aliphatic carbocycles. The van der Waals surface area contributed by atoms with Gasteiger partial charge >= 0.3 is 6.18 Å². The number of benzene rings is 2. The molecular weight excluding hydrogens is 343 g/mol. The molecule has 0 unspecified atom stereocenters. The summed E-state index contributed by atoms with van der Waals surface area (Å²) in [6.07, 6.45) is -1.33. The van der Waals surface area contributed by atoms with Crippen LogP contribution in [0.25, 0.3) is 28.1 Å². The molecule has 8 heteroatoms. The standard InChI is InChI=1S/C18H14F3N5/c1-10-8-26(9-23-10)14-5-11(4-12(6-14)18(19,20)21)17-24-15-3-2-13(22)7-16(15)25-17/h2-9H,22H2,1H3,(H,24,25). The van der Waals surface area contributed by atoms with E-state index in [0.29, 0.717) is 39.5 Å². The molecule has 0 saturated carbocycles. The van der Waals surface area contributed by atoms with Gasteiger partial charge in [-0.05, 0) is 43.3 Å². The summed E-state index contributed by atoms with van der Waals surface area (Å²) in [5.74, 6) is 0.342. The maximum Gasteiger partial charge on any atom is 0.416 e. The zero-order valence-electron chi connectivity index (χ0n) is 13.7. The summed E-state index contributed by atoms with van der Waals surface area (Å²) in [4.78, 5) is 11.5. The van der Waals surface area contributed by atoms with Crippen LogP contribution in [-0.4, -0.2) is 19.5 Å². The number of nitrogens with zero attached hydrogens (tertiary/aromatic N) is 3. The SMILES string of the molecule is Cc1cn(-c2cc(-c3nc4cc(N)ccc4[nH]3)cc(C(F)(F)F)c2)cn1. The average Bonchev–Trinajstić information content (AvgIpc) is 3.19. The van der Waals surface area contributed by atoms with E-state index in [9.17, 15) is 13.2 Å². The number of nitrogens with two attached hydrogens (primary N) is 1. The maximum absolute atomic E-state index is 13.4. The van der Waals surface area contributed by atoms with Gasteiger partial charge in [0.15, 0.2) is 0 Å². The van der Waals surface area contributed by atoms with Crippen LogP contribution in [0.4, 0.5) is 18.9 Å². The minimum Gasteiger partial charge on any atom is -0.399 e. The summed E-state index contributed by atoms with van der Waals surface area (Å²) in [6, 6.07) is 8.92. The Balaban J connectivity index is 1.91. The van der Waals surface area contributed by atoms with Crippen molar-refractivity contribution in [3.63, 3.8) is 0 Å². The van der Waals surface area contributed by atoms with Crippen LogP contribution in [0.1, 0.15) is 11.3 Å². The van der Waals surface area contributed by atoms with Gasteiger partial charge in [-0.2, -0.15) is 13.2 Å². The van der Waals surface area contributed by atoms with Gasteiger partial charge < -0.3 is 15.3 Å². The topological polar surface area (TPSA) is 72.5 Å². The zero-order valence-corrected chi connectivity index (χ0v) is 13.7. The number of nitrogens with one attached hydrogen (secondary N) is 1. The van der Waals surface area contributed by atoms with Crippen molar-refractivity contribution in [3.05, 3.63) is 60.2 Å². The van der Waals surface area contributed by atoms with Gasteiger partial charge in [0.05, 0.1) is 28.6 Å². The van der Waals surface area contributed by atoms with Gasteiger partial charge in [0.25, 0.3) is 0 Å². The van der Waals surface area contributed by atoms with E-state index in [4.69, 9.17) is 5.73 Å². The summed E-state index contributed by atoms with van der Waals surface area (Å²) in [7, 11) is 0. The van der Waals surface area contributed by atoms with Crippen molar-refractivity contribution in [2.24, 2.45) is 0 Å². The lowest BCUT2D eigenvalue weighted by molar-refractivity contribution is -0.137. The fraction of sp³-hybridized carbons (Fsp3) is 0.111. The molecule has 0 saturated heterocycles. The number of aryl methyl sites for hydroxylation is 1. The van der Waals surface area contributed by atoms with Gasteiger partial charge in [0.1, 0.15) is 5.82 Å². The molecular formula is C18H14F3N5.